The Morgan fingerprint density at radius 2 is 2.23 bits per heavy atom. The average molecular weight is 417 g/mol. The molecule has 1 fully saturated rings. The van der Waals surface area contributed by atoms with Crippen LogP contribution in [0.4, 0.5) is 0 Å². The molecule has 0 bridgehead atoms. The summed E-state index contributed by atoms with van der Waals surface area (Å²) in [6.07, 6.45) is 1.05. The van der Waals surface area contributed by atoms with E-state index in [0.29, 0.717) is 35.1 Å². The second-order valence-corrected chi connectivity index (χ2v) is 9.56. The van der Waals surface area contributed by atoms with Crippen molar-refractivity contribution in [3.8, 4) is 5.75 Å². The van der Waals surface area contributed by atoms with Gasteiger partial charge < -0.3 is 9.15 Å². The molecule has 1 aromatic carbocycles. The fourth-order valence-electron chi connectivity index (χ4n) is 2.71. The molecule has 0 unspecified atom stereocenters. The summed E-state index contributed by atoms with van der Waals surface area (Å²) in [5.41, 5.74) is 0.471. The molecule has 140 valence electrons. The molecule has 1 aliphatic heterocycles. The maximum atomic E-state index is 12.3. The molecule has 26 heavy (non-hydrogen) atoms. The van der Waals surface area contributed by atoms with Crippen LogP contribution in [0, 0.1) is 5.92 Å². The van der Waals surface area contributed by atoms with Gasteiger partial charge in [0.05, 0.1) is 29.4 Å². The lowest BCUT2D eigenvalue weighted by molar-refractivity contribution is 0.102. The van der Waals surface area contributed by atoms with Crippen molar-refractivity contribution in [3.05, 3.63) is 34.7 Å². The molecule has 1 aromatic heterocycles. The van der Waals surface area contributed by atoms with E-state index in [9.17, 15) is 13.2 Å². The molecule has 1 atom stereocenters. The van der Waals surface area contributed by atoms with Gasteiger partial charge in [0.25, 0.3) is 5.22 Å². The zero-order valence-corrected chi connectivity index (χ0v) is 16.4. The monoisotopic (exact) mass is 416 g/mol. The molecular formula is C16H17ClN2O5S2. The number of Topliss-reactive ketones (excluding diaryl/α,β-unsaturated/α-hetero) is 1. The fourth-order valence-corrected chi connectivity index (χ4v) is 5.50. The number of carbonyl (C=O) groups excluding carboxylic acids is 1. The Morgan fingerprint density at radius 3 is 2.88 bits per heavy atom. The highest BCUT2D eigenvalue weighted by molar-refractivity contribution is 7.99. The standard InChI is InChI=1S/C16H17ClN2O5S2/c1-23-14-3-2-11(7-12(14)17)13(20)8-25-16-19-18-15(24-16)6-10-4-5-26(21,22)9-10/h2-3,7,10H,4-6,8-9H2,1H3/t10-/m0/s1. The highest BCUT2D eigenvalue weighted by atomic mass is 35.5. The van der Waals surface area contributed by atoms with Gasteiger partial charge in [-0.15, -0.1) is 10.2 Å². The Labute approximate surface area is 160 Å². The van der Waals surface area contributed by atoms with E-state index in [1.165, 1.54) is 7.11 Å². The van der Waals surface area contributed by atoms with Crippen LogP contribution in [-0.2, 0) is 16.3 Å². The molecule has 0 saturated carbocycles. The third-order valence-electron chi connectivity index (χ3n) is 4.04. The van der Waals surface area contributed by atoms with Gasteiger partial charge in [-0.2, -0.15) is 0 Å². The fraction of sp³-hybridized carbons (Fsp3) is 0.438. The Balaban J connectivity index is 1.54. The Hall–Kier alpha value is -1.58. The maximum Gasteiger partial charge on any atom is 0.277 e. The number of hydrogen-bond acceptors (Lipinski definition) is 8. The number of methoxy groups -OCH3 is 1. The lowest BCUT2D eigenvalue weighted by Gasteiger charge is -2.04. The van der Waals surface area contributed by atoms with Crippen molar-refractivity contribution in [2.24, 2.45) is 5.92 Å². The Bertz CT molecular complexity index is 913. The number of nitrogens with zero attached hydrogens (tertiary/aromatic N) is 2. The van der Waals surface area contributed by atoms with Crippen molar-refractivity contribution >= 4 is 39.0 Å². The summed E-state index contributed by atoms with van der Waals surface area (Å²) in [6, 6.07) is 4.84. The first-order valence-corrected chi connectivity index (χ1v) is 11.1. The number of ether oxygens (including phenoxy) is 1. The maximum absolute atomic E-state index is 12.3. The van der Waals surface area contributed by atoms with E-state index in [2.05, 4.69) is 10.2 Å². The number of rotatable bonds is 7. The van der Waals surface area contributed by atoms with Crippen molar-refractivity contribution in [1.29, 1.82) is 0 Å². The lowest BCUT2D eigenvalue weighted by Crippen LogP contribution is -2.07. The van der Waals surface area contributed by atoms with Crippen LogP contribution in [0.1, 0.15) is 22.7 Å². The summed E-state index contributed by atoms with van der Waals surface area (Å²) in [5.74, 6) is 1.30. The Kier molecular flexibility index (Phi) is 5.89. The molecule has 7 nitrogen and oxygen atoms in total. The number of aromatic nitrogens is 2. The van der Waals surface area contributed by atoms with Gasteiger partial charge >= 0.3 is 0 Å². The minimum Gasteiger partial charge on any atom is -0.495 e. The van der Waals surface area contributed by atoms with Crippen molar-refractivity contribution in [1.82, 2.24) is 10.2 Å². The van der Waals surface area contributed by atoms with Gasteiger partial charge in [0.2, 0.25) is 5.89 Å². The molecule has 10 heteroatoms. The quantitative estimate of drug-likeness (QED) is 0.501. The summed E-state index contributed by atoms with van der Waals surface area (Å²) < 4.78 is 33.5. The Morgan fingerprint density at radius 1 is 1.42 bits per heavy atom. The highest BCUT2D eigenvalue weighted by Gasteiger charge is 2.29. The van der Waals surface area contributed by atoms with Crippen molar-refractivity contribution in [3.63, 3.8) is 0 Å². The van der Waals surface area contributed by atoms with E-state index in [-0.39, 0.29) is 34.2 Å². The van der Waals surface area contributed by atoms with Gasteiger partial charge in [-0.05, 0) is 30.5 Å². The molecule has 0 spiro atoms. The molecule has 3 rings (SSSR count). The van der Waals surface area contributed by atoms with Crippen molar-refractivity contribution in [2.75, 3.05) is 24.4 Å². The van der Waals surface area contributed by atoms with E-state index >= 15 is 0 Å². The predicted octanol–water partition coefficient (Wildman–Crippen LogP) is 2.68. The molecule has 0 aliphatic carbocycles. The minimum atomic E-state index is -2.93. The molecule has 0 N–H and O–H groups in total. The summed E-state index contributed by atoms with van der Waals surface area (Å²) >= 11 is 7.16. The zero-order valence-electron chi connectivity index (χ0n) is 14.0. The number of sulfone groups is 1. The van der Waals surface area contributed by atoms with Crippen LogP contribution in [0.3, 0.4) is 0 Å². The number of thioether (sulfide) groups is 1. The van der Waals surface area contributed by atoms with Crippen LogP contribution in [-0.4, -0.2) is 48.8 Å². The summed E-state index contributed by atoms with van der Waals surface area (Å²) in [4.78, 5) is 12.3. The molecular weight excluding hydrogens is 400 g/mol. The topological polar surface area (TPSA) is 99.4 Å². The largest absolute Gasteiger partial charge is 0.495 e. The van der Waals surface area contributed by atoms with E-state index in [4.69, 9.17) is 20.8 Å². The summed E-state index contributed by atoms with van der Waals surface area (Å²) in [5, 5.41) is 8.49. The van der Waals surface area contributed by atoms with Crippen LogP contribution in [0.15, 0.2) is 27.8 Å². The van der Waals surface area contributed by atoms with Crippen LogP contribution < -0.4 is 4.74 Å². The molecule has 1 aliphatic rings. The van der Waals surface area contributed by atoms with E-state index in [1.54, 1.807) is 18.2 Å². The third-order valence-corrected chi connectivity index (χ3v) is 6.99. The van der Waals surface area contributed by atoms with E-state index in [1.807, 2.05) is 0 Å². The lowest BCUT2D eigenvalue weighted by atomic mass is 10.1. The van der Waals surface area contributed by atoms with Crippen LogP contribution in [0.2, 0.25) is 5.02 Å². The third kappa shape index (κ3) is 4.77. The van der Waals surface area contributed by atoms with Crippen molar-refractivity contribution < 1.29 is 22.4 Å². The first-order valence-electron chi connectivity index (χ1n) is 7.88. The van der Waals surface area contributed by atoms with Gasteiger partial charge in [0.1, 0.15) is 5.75 Å². The number of benzene rings is 1. The zero-order chi connectivity index (χ0) is 18.7. The van der Waals surface area contributed by atoms with Crippen molar-refractivity contribution in [2.45, 2.75) is 18.1 Å². The van der Waals surface area contributed by atoms with Crippen LogP contribution in [0.5, 0.6) is 5.75 Å². The second kappa shape index (κ2) is 7.98. The molecule has 0 amide bonds. The number of ketones is 1. The van der Waals surface area contributed by atoms with Gasteiger partial charge in [0, 0.05) is 12.0 Å². The smallest absolute Gasteiger partial charge is 0.277 e. The summed E-state index contributed by atoms with van der Waals surface area (Å²) in [6.45, 7) is 0. The van der Waals surface area contributed by atoms with E-state index in [0.717, 1.165) is 11.8 Å². The number of halogens is 1. The van der Waals surface area contributed by atoms with Gasteiger partial charge in [-0.1, -0.05) is 23.4 Å². The highest BCUT2D eigenvalue weighted by Crippen LogP contribution is 2.27. The number of hydrogen-bond donors (Lipinski definition) is 0. The van der Waals surface area contributed by atoms with E-state index < -0.39 is 9.84 Å². The summed E-state index contributed by atoms with van der Waals surface area (Å²) in [7, 11) is -1.42. The molecule has 2 aromatic rings. The van der Waals surface area contributed by atoms with Gasteiger partial charge in [-0.3, -0.25) is 4.79 Å². The molecule has 2 heterocycles. The van der Waals surface area contributed by atoms with Gasteiger partial charge in [0.15, 0.2) is 15.6 Å². The second-order valence-electron chi connectivity index (χ2n) is 6.00. The average Bonchev–Trinajstić information content (AvgIpc) is 3.18. The molecule has 0 radical (unpaired) electrons. The van der Waals surface area contributed by atoms with Crippen LogP contribution >= 0.6 is 23.4 Å². The number of carbonyl (C=O) groups is 1. The first-order chi connectivity index (χ1) is 12.4. The van der Waals surface area contributed by atoms with Crippen LogP contribution in [0.25, 0.3) is 0 Å². The predicted molar refractivity (Wildman–Crippen MR) is 97.8 cm³/mol. The molecule has 1 saturated heterocycles. The first kappa shape index (κ1) is 19.2. The SMILES string of the molecule is COc1ccc(C(=O)CSc2nnc(C[C@@H]3CCS(=O)(=O)C3)o2)cc1Cl. The normalized spacial score (nSPS) is 18.8. The van der Waals surface area contributed by atoms with Gasteiger partial charge in [-0.25, -0.2) is 8.42 Å². The minimum absolute atomic E-state index is 0.0152.